The molecule has 2 aromatic carbocycles. The molecule has 7 heteroatoms. The van der Waals surface area contributed by atoms with Gasteiger partial charge in [-0.05, 0) is 23.3 Å². The normalized spacial score (nSPS) is 19.2. The van der Waals surface area contributed by atoms with Gasteiger partial charge in [-0.25, -0.2) is 20.9 Å². The zero-order chi connectivity index (χ0) is 22.1. The summed E-state index contributed by atoms with van der Waals surface area (Å²) in [7, 11) is 7.85. The van der Waals surface area contributed by atoms with Crippen LogP contribution in [0.1, 0.15) is 23.2 Å². The average molecular weight is 425 g/mol. The van der Waals surface area contributed by atoms with Gasteiger partial charge in [-0.2, -0.15) is 0 Å². The fourth-order valence-corrected chi connectivity index (χ4v) is 3.24. The van der Waals surface area contributed by atoms with Gasteiger partial charge in [0.1, 0.15) is 0 Å². The van der Waals surface area contributed by atoms with Crippen LogP contribution < -0.4 is 10.9 Å². The van der Waals surface area contributed by atoms with Crippen molar-refractivity contribution in [3.05, 3.63) is 95.5 Å². The summed E-state index contributed by atoms with van der Waals surface area (Å²) in [6.45, 7) is 0.257. The molecule has 0 amide bonds. The molecule has 166 valence electrons. The lowest BCUT2D eigenvalue weighted by Crippen LogP contribution is -2.34. The number of hydrazine groups is 2. The summed E-state index contributed by atoms with van der Waals surface area (Å²) in [6, 6.07) is 20.2. The van der Waals surface area contributed by atoms with Gasteiger partial charge in [0.2, 0.25) is 0 Å². The molecule has 0 spiro atoms. The van der Waals surface area contributed by atoms with E-state index in [1.54, 1.807) is 0 Å². The summed E-state index contributed by atoms with van der Waals surface area (Å²) in [6.07, 6.45) is 4.04. The highest BCUT2D eigenvalue weighted by atomic mass is 16.8. The van der Waals surface area contributed by atoms with Gasteiger partial charge in [0.05, 0.1) is 12.1 Å². The maximum absolute atomic E-state index is 5.94. The van der Waals surface area contributed by atoms with E-state index in [2.05, 4.69) is 35.1 Å². The third-order valence-electron chi connectivity index (χ3n) is 4.59. The molecule has 0 aliphatic carbocycles. The lowest BCUT2D eigenvalue weighted by atomic mass is 10.0. The van der Waals surface area contributed by atoms with Crippen LogP contribution in [0.25, 0.3) is 0 Å². The molecule has 1 saturated heterocycles. The molecule has 0 aromatic heterocycles. The molecule has 2 N–H and O–H groups in total. The SMILES string of the molecule is CN(C)NC(C=C1OCOCOC1=CC(NN(C)C)c1ccccc1)c1ccccc1. The molecule has 3 rings (SSSR count). The molecule has 2 unspecified atom stereocenters. The monoisotopic (exact) mass is 424 g/mol. The molecule has 2 aromatic rings. The zero-order valence-electron chi connectivity index (χ0n) is 18.6. The van der Waals surface area contributed by atoms with Crippen LogP contribution in [0, 0.1) is 0 Å². The summed E-state index contributed by atoms with van der Waals surface area (Å²) in [5.74, 6) is 1.25. The van der Waals surface area contributed by atoms with Gasteiger partial charge >= 0.3 is 0 Å². The molecule has 0 bridgehead atoms. The predicted molar refractivity (Wildman–Crippen MR) is 121 cm³/mol. The number of hydrogen-bond donors (Lipinski definition) is 2. The molecular formula is C24H32N4O3. The summed E-state index contributed by atoms with van der Waals surface area (Å²) in [5.41, 5.74) is 9.09. The van der Waals surface area contributed by atoms with E-state index in [0.29, 0.717) is 11.5 Å². The fraction of sp³-hybridized carbons (Fsp3) is 0.333. The lowest BCUT2D eigenvalue weighted by Gasteiger charge is -2.23. The zero-order valence-corrected chi connectivity index (χ0v) is 18.6. The van der Waals surface area contributed by atoms with Crippen LogP contribution >= 0.6 is 0 Å². The second-order valence-corrected chi connectivity index (χ2v) is 7.61. The lowest BCUT2D eigenvalue weighted by molar-refractivity contribution is -0.0652. The van der Waals surface area contributed by atoms with Crippen molar-refractivity contribution in [2.24, 2.45) is 0 Å². The van der Waals surface area contributed by atoms with E-state index < -0.39 is 0 Å². The van der Waals surface area contributed by atoms with Crippen LogP contribution in [0.3, 0.4) is 0 Å². The van der Waals surface area contributed by atoms with Gasteiger partial charge < -0.3 is 14.2 Å². The first-order chi connectivity index (χ1) is 15.0. The Morgan fingerprint density at radius 1 is 0.677 bits per heavy atom. The van der Waals surface area contributed by atoms with E-state index in [1.807, 2.05) is 86.8 Å². The standard InChI is InChI=1S/C24H32N4O3/c1-27(2)25-21(19-11-7-5-8-12-19)15-23-24(31-18-29-17-30-23)16-22(26-28(3)4)20-13-9-6-10-14-20/h5-16,21-22,25-26H,17-18H2,1-4H3. The second kappa shape index (κ2) is 11.6. The van der Waals surface area contributed by atoms with Crippen molar-refractivity contribution in [3.8, 4) is 0 Å². The van der Waals surface area contributed by atoms with Crippen LogP contribution in [-0.2, 0) is 14.2 Å². The van der Waals surface area contributed by atoms with Crippen molar-refractivity contribution in [1.82, 2.24) is 20.9 Å². The summed E-state index contributed by atoms with van der Waals surface area (Å²) >= 11 is 0. The van der Waals surface area contributed by atoms with Gasteiger partial charge in [0.25, 0.3) is 0 Å². The van der Waals surface area contributed by atoms with Gasteiger partial charge in [-0.15, -0.1) is 0 Å². The first-order valence-electron chi connectivity index (χ1n) is 10.3. The molecule has 2 atom stereocenters. The van der Waals surface area contributed by atoms with Crippen molar-refractivity contribution >= 4 is 0 Å². The van der Waals surface area contributed by atoms with Crippen LogP contribution in [0.2, 0.25) is 0 Å². The largest absolute Gasteiger partial charge is 0.464 e. The number of benzene rings is 2. The molecule has 1 heterocycles. The molecule has 1 aliphatic rings. The first kappa shape index (κ1) is 23.0. The van der Waals surface area contributed by atoms with Crippen molar-refractivity contribution in [2.75, 3.05) is 41.8 Å². The summed E-state index contributed by atoms with van der Waals surface area (Å²) < 4.78 is 17.3. The van der Waals surface area contributed by atoms with E-state index >= 15 is 0 Å². The van der Waals surface area contributed by atoms with Crippen molar-refractivity contribution in [1.29, 1.82) is 0 Å². The molecule has 1 aliphatic heterocycles. The van der Waals surface area contributed by atoms with Gasteiger partial charge in [0.15, 0.2) is 25.1 Å². The maximum atomic E-state index is 5.94. The Kier molecular flexibility index (Phi) is 8.63. The molecule has 0 radical (unpaired) electrons. The maximum Gasteiger partial charge on any atom is 0.192 e. The average Bonchev–Trinajstić information content (AvgIpc) is 2.98. The Morgan fingerprint density at radius 3 is 1.42 bits per heavy atom. The summed E-state index contributed by atoms with van der Waals surface area (Å²) in [4.78, 5) is 0. The number of ether oxygens (including phenoxy) is 3. The van der Waals surface area contributed by atoms with Crippen molar-refractivity contribution in [3.63, 3.8) is 0 Å². The Hall–Kier alpha value is -2.68. The molecular weight excluding hydrogens is 392 g/mol. The van der Waals surface area contributed by atoms with E-state index in [-0.39, 0.29) is 25.7 Å². The van der Waals surface area contributed by atoms with Crippen molar-refractivity contribution in [2.45, 2.75) is 12.1 Å². The Balaban J connectivity index is 1.98. The molecule has 31 heavy (non-hydrogen) atoms. The highest BCUT2D eigenvalue weighted by molar-refractivity contribution is 5.32. The minimum Gasteiger partial charge on any atom is -0.464 e. The first-order valence-corrected chi connectivity index (χ1v) is 10.3. The highest BCUT2D eigenvalue weighted by Crippen LogP contribution is 2.26. The molecule has 1 fully saturated rings. The predicted octanol–water partition coefficient (Wildman–Crippen LogP) is 3.35. The Morgan fingerprint density at radius 2 is 1.06 bits per heavy atom. The van der Waals surface area contributed by atoms with E-state index in [1.165, 1.54) is 0 Å². The van der Waals surface area contributed by atoms with E-state index in [4.69, 9.17) is 14.2 Å². The second-order valence-electron chi connectivity index (χ2n) is 7.61. The topological polar surface area (TPSA) is 58.2 Å². The fourth-order valence-electron chi connectivity index (χ4n) is 3.24. The van der Waals surface area contributed by atoms with Crippen LogP contribution in [-0.4, -0.2) is 51.8 Å². The van der Waals surface area contributed by atoms with Crippen LogP contribution in [0.5, 0.6) is 0 Å². The molecule has 0 saturated carbocycles. The van der Waals surface area contributed by atoms with E-state index in [9.17, 15) is 0 Å². The number of hydrogen-bond acceptors (Lipinski definition) is 7. The minimum absolute atomic E-state index is 0.103. The smallest absolute Gasteiger partial charge is 0.192 e. The van der Waals surface area contributed by atoms with Gasteiger partial charge in [-0.3, -0.25) is 0 Å². The minimum atomic E-state index is -0.103. The van der Waals surface area contributed by atoms with Crippen LogP contribution in [0.4, 0.5) is 0 Å². The quantitative estimate of drug-likeness (QED) is 0.630. The Labute approximate surface area is 184 Å². The number of rotatable bonds is 8. The Bertz CT molecular complexity index is 782. The third kappa shape index (κ3) is 7.20. The number of nitrogens with zero attached hydrogens (tertiary/aromatic N) is 2. The number of nitrogens with one attached hydrogen (secondary N) is 2. The summed E-state index contributed by atoms with van der Waals surface area (Å²) in [5, 5.41) is 3.85. The van der Waals surface area contributed by atoms with Gasteiger partial charge in [-0.1, -0.05) is 60.7 Å². The van der Waals surface area contributed by atoms with Crippen molar-refractivity contribution < 1.29 is 14.2 Å². The molecule has 7 nitrogen and oxygen atoms in total. The van der Waals surface area contributed by atoms with Crippen LogP contribution in [0.15, 0.2) is 84.3 Å². The highest BCUT2D eigenvalue weighted by Gasteiger charge is 2.20. The van der Waals surface area contributed by atoms with Gasteiger partial charge in [0, 0.05) is 28.2 Å². The van der Waals surface area contributed by atoms with E-state index in [0.717, 1.165) is 11.1 Å². The third-order valence-corrected chi connectivity index (χ3v) is 4.59.